The monoisotopic (exact) mass is 495 g/mol. The summed E-state index contributed by atoms with van der Waals surface area (Å²) in [5.41, 5.74) is 1.98. The molecule has 0 aliphatic rings. The highest BCUT2D eigenvalue weighted by Gasteiger charge is 2.29. The van der Waals surface area contributed by atoms with Crippen LogP contribution in [-0.2, 0) is 32.1 Å². The van der Waals surface area contributed by atoms with Crippen LogP contribution in [0, 0.1) is 5.92 Å². The van der Waals surface area contributed by atoms with Gasteiger partial charge in [-0.3, -0.25) is 14.4 Å². The molecule has 0 spiro atoms. The van der Waals surface area contributed by atoms with Gasteiger partial charge >= 0.3 is 6.09 Å². The summed E-state index contributed by atoms with van der Waals surface area (Å²) in [5.74, 6) is -1.87. The normalized spacial score (nSPS) is 12.3. The summed E-state index contributed by atoms with van der Waals surface area (Å²) in [4.78, 5) is 50.3. The Balaban J connectivity index is 1.85. The van der Waals surface area contributed by atoms with Gasteiger partial charge in [0.05, 0.1) is 6.04 Å². The molecule has 8 nitrogen and oxygen atoms in total. The predicted octanol–water partition coefficient (Wildman–Crippen LogP) is 3.54. The quantitative estimate of drug-likeness (QED) is 0.274. The molecule has 2 rings (SSSR count). The molecule has 0 radical (unpaired) electrons. The zero-order valence-corrected chi connectivity index (χ0v) is 21.3. The van der Waals surface area contributed by atoms with E-state index < -0.39 is 35.8 Å². The predicted molar refractivity (Wildman–Crippen MR) is 138 cm³/mol. The maximum Gasteiger partial charge on any atom is 0.408 e. The summed E-state index contributed by atoms with van der Waals surface area (Å²) in [6, 6.07) is 17.2. The molecular formula is C28H37N3O5. The number of carbonyl (C=O) groups excluding carboxylic acids is 4. The summed E-state index contributed by atoms with van der Waals surface area (Å²) < 4.78 is 5.23. The molecule has 2 atom stereocenters. The highest BCUT2D eigenvalue weighted by Crippen LogP contribution is 2.08. The Hall–Kier alpha value is -3.68. The number of Topliss-reactive ketones (excluding diaryl/α,β-unsaturated/α-hetero) is 1. The van der Waals surface area contributed by atoms with E-state index in [1.54, 1.807) is 6.92 Å². The van der Waals surface area contributed by atoms with Gasteiger partial charge in [0, 0.05) is 6.54 Å². The Morgan fingerprint density at radius 1 is 0.833 bits per heavy atom. The van der Waals surface area contributed by atoms with Crippen molar-refractivity contribution in [1.29, 1.82) is 0 Å². The molecule has 3 N–H and O–H groups in total. The van der Waals surface area contributed by atoms with Crippen LogP contribution in [0.3, 0.4) is 0 Å². The van der Waals surface area contributed by atoms with E-state index in [0.29, 0.717) is 19.4 Å². The number of ether oxygens (including phenoxy) is 1. The van der Waals surface area contributed by atoms with Crippen molar-refractivity contribution in [2.75, 3.05) is 6.54 Å². The average Bonchev–Trinajstić information content (AvgIpc) is 2.88. The number of carbonyl (C=O) groups is 4. The van der Waals surface area contributed by atoms with Crippen LogP contribution in [0.15, 0.2) is 60.7 Å². The Morgan fingerprint density at radius 2 is 1.44 bits per heavy atom. The molecule has 0 fully saturated rings. The van der Waals surface area contributed by atoms with Crippen molar-refractivity contribution >= 4 is 23.7 Å². The van der Waals surface area contributed by atoms with E-state index in [2.05, 4.69) is 16.0 Å². The van der Waals surface area contributed by atoms with Crippen molar-refractivity contribution in [2.45, 2.75) is 65.1 Å². The number of alkyl carbamates (subject to hydrolysis) is 1. The molecule has 0 heterocycles. The first-order chi connectivity index (χ1) is 17.3. The highest BCUT2D eigenvalue weighted by molar-refractivity contribution is 6.38. The minimum absolute atomic E-state index is 0.0726. The number of nitrogens with one attached hydrogen (secondary N) is 3. The molecule has 3 amide bonds. The number of hydrogen-bond donors (Lipinski definition) is 3. The maximum atomic E-state index is 12.9. The molecule has 0 unspecified atom stereocenters. The van der Waals surface area contributed by atoms with Crippen molar-refractivity contribution < 1.29 is 23.9 Å². The van der Waals surface area contributed by atoms with Crippen molar-refractivity contribution in [2.24, 2.45) is 5.92 Å². The van der Waals surface area contributed by atoms with Gasteiger partial charge in [-0.25, -0.2) is 4.79 Å². The zero-order chi connectivity index (χ0) is 26.3. The van der Waals surface area contributed by atoms with Gasteiger partial charge in [-0.15, -0.1) is 0 Å². The number of benzene rings is 2. The molecule has 36 heavy (non-hydrogen) atoms. The summed E-state index contributed by atoms with van der Waals surface area (Å²) in [6.07, 6.45) is 1.34. The van der Waals surface area contributed by atoms with E-state index in [1.807, 2.05) is 74.5 Å². The standard InChI is InChI=1S/C28H37N3O5/c1-4-23(25(32)27(34)29-17-11-16-21-12-7-5-8-13-21)30-26(33)24(18-20(2)3)31-28(35)36-19-22-14-9-6-10-15-22/h5-10,12-15,20,23-24H,4,11,16-19H2,1-3H3,(H,29,34)(H,30,33)(H,31,35)/t23-,24-/m0/s1. The summed E-state index contributed by atoms with van der Waals surface area (Å²) >= 11 is 0. The first kappa shape index (κ1) is 28.6. The fourth-order valence-electron chi connectivity index (χ4n) is 3.62. The van der Waals surface area contributed by atoms with Gasteiger partial charge in [0.25, 0.3) is 5.91 Å². The molecule has 0 aliphatic heterocycles. The van der Waals surface area contributed by atoms with Crippen LogP contribution in [0.25, 0.3) is 0 Å². The third kappa shape index (κ3) is 10.3. The molecule has 2 aromatic rings. The minimum atomic E-state index is -0.983. The van der Waals surface area contributed by atoms with Gasteiger partial charge in [0.1, 0.15) is 12.6 Å². The van der Waals surface area contributed by atoms with Crippen LogP contribution in [-0.4, -0.2) is 42.3 Å². The lowest BCUT2D eigenvalue weighted by atomic mass is 10.0. The smallest absolute Gasteiger partial charge is 0.408 e. The van der Waals surface area contributed by atoms with Crippen LogP contribution < -0.4 is 16.0 Å². The van der Waals surface area contributed by atoms with Crippen LogP contribution in [0.2, 0.25) is 0 Å². The van der Waals surface area contributed by atoms with Crippen molar-refractivity contribution in [1.82, 2.24) is 16.0 Å². The van der Waals surface area contributed by atoms with Gasteiger partial charge in [0.2, 0.25) is 11.7 Å². The second kappa shape index (κ2) is 15.3. The molecule has 0 saturated carbocycles. The van der Waals surface area contributed by atoms with Crippen LogP contribution in [0.5, 0.6) is 0 Å². The fourth-order valence-corrected chi connectivity index (χ4v) is 3.62. The number of ketones is 1. The summed E-state index contributed by atoms with van der Waals surface area (Å²) in [7, 11) is 0. The van der Waals surface area contributed by atoms with E-state index in [1.165, 1.54) is 0 Å². The SMILES string of the molecule is CC[C@H](NC(=O)[C@H](CC(C)C)NC(=O)OCc1ccccc1)C(=O)C(=O)NCCCc1ccccc1. The lowest BCUT2D eigenvalue weighted by molar-refractivity contribution is -0.140. The first-order valence-electron chi connectivity index (χ1n) is 12.4. The van der Waals surface area contributed by atoms with E-state index in [4.69, 9.17) is 4.74 Å². The number of aryl methyl sites for hydroxylation is 1. The molecule has 0 bridgehead atoms. The fraction of sp³-hybridized carbons (Fsp3) is 0.429. The van der Waals surface area contributed by atoms with Crippen molar-refractivity contribution in [3.63, 3.8) is 0 Å². The maximum absolute atomic E-state index is 12.9. The average molecular weight is 496 g/mol. The van der Waals surface area contributed by atoms with Gasteiger partial charge in [0.15, 0.2) is 0 Å². The van der Waals surface area contributed by atoms with Crippen molar-refractivity contribution in [3.05, 3.63) is 71.8 Å². The second-order valence-electron chi connectivity index (χ2n) is 9.07. The van der Waals surface area contributed by atoms with E-state index in [9.17, 15) is 19.2 Å². The Kier molecular flexibility index (Phi) is 12.2. The largest absolute Gasteiger partial charge is 0.445 e. The van der Waals surface area contributed by atoms with E-state index >= 15 is 0 Å². The molecule has 194 valence electrons. The third-order valence-electron chi connectivity index (χ3n) is 5.56. The number of amides is 3. The molecule has 0 aliphatic carbocycles. The first-order valence-corrected chi connectivity index (χ1v) is 12.4. The zero-order valence-electron chi connectivity index (χ0n) is 21.3. The molecule has 8 heteroatoms. The van der Waals surface area contributed by atoms with Crippen molar-refractivity contribution in [3.8, 4) is 0 Å². The lowest BCUT2D eigenvalue weighted by Gasteiger charge is -2.23. The topological polar surface area (TPSA) is 114 Å². The Morgan fingerprint density at radius 3 is 2.03 bits per heavy atom. The summed E-state index contributed by atoms with van der Waals surface area (Å²) in [5, 5.41) is 7.85. The molecule has 0 saturated heterocycles. The number of hydrogen-bond acceptors (Lipinski definition) is 5. The van der Waals surface area contributed by atoms with Gasteiger partial charge in [-0.1, -0.05) is 81.4 Å². The van der Waals surface area contributed by atoms with E-state index in [0.717, 1.165) is 17.5 Å². The lowest BCUT2D eigenvalue weighted by Crippen LogP contribution is -2.54. The van der Waals surface area contributed by atoms with Gasteiger partial charge in [-0.2, -0.15) is 0 Å². The van der Waals surface area contributed by atoms with Crippen LogP contribution in [0.1, 0.15) is 51.2 Å². The van der Waals surface area contributed by atoms with Gasteiger partial charge in [-0.05, 0) is 42.7 Å². The Bertz CT molecular complexity index is 979. The van der Waals surface area contributed by atoms with Crippen LogP contribution in [0.4, 0.5) is 4.79 Å². The minimum Gasteiger partial charge on any atom is -0.445 e. The van der Waals surface area contributed by atoms with Crippen LogP contribution >= 0.6 is 0 Å². The number of rotatable bonds is 14. The third-order valence-corrected chi connectivity index (χ3v) is 5.56. The second-order valence-corrected chi connectivity index (χ2v) is 9.07. The van der Waals surface area contributed by atoms with Gasteiger partial charge < -0.3 is 20.7 Å². The Labute approximate surface area is 213 Å². The molecule has 2 aromatic carbocycles. The molecule has 0 aromatic heterocycles. The highest BCUT2D eigenvalue weighted by atomic mass is 16.5. The molecular weight excluding hydrogens is 458 g/mol. The van der Waals surface area contributed by atoms with E-state index in [-0.39, 0.29) is 18.9 Å². The summed E-state index contributed by atoms with van der Waals surface area (Å²) in [6.45, 7) is 5.98.